The van der Waals surface area contributed by atoms with Crippen molar-refractivity contribution in [3.63, 3.8) is 0 Å². The number of aliphatic hydroxyl groups is 1. The van der Waals surface area contributed by atoms with E-state index in [4.69, 9.17) is 27.3 Å². The topological polar surface area (TPSA) is 109 Å². The summed E-state index contributed by atoms with van der Waals surface area (Å²) in [5.41, 5.74) is 10.2. The molecule has 4 N–H and O–H groups in total. The van der Waals surface area contributed by atoms with Crippen LogP contribution in [0.2, 0.25) is 5.02 Å². The van der Waals surface area contributed by atoms with Crippen LogP contribution in [0.25, 0.3) is 33.2 Å². The first kappa shape index (κ1) is 20.2. The van der Waals surface area contributed by atoms with E-state index in [1.165, 1.54) is 0 Å². The number of nitrogens with two attached hydrogens (primary N) is 1. The number of nitrogens with zero attached hydrogens (tertiary/aromatic N) is 5. The van der Waals surface area contributed by atoms with Crippen molar-refractivity contribution in [2.45, 2.75) is 44.3 Å². The van der Waals surface area contributed by atoms with Gasteiger partial charge in [-0.15, -0.1) is 0 Å². The standard InChI is InChI=1S/C22H26ClN7O/c1-29(14-4-2-3-13(24)9-14)19-11-25-21-16(10-26-22(21)27-19)15-5-6-18-17(20(15)23)12-30(28-18)7-8-31/h5-6,10-14,31H,2-4,7-9,24H2,1H3,(H,26,27)/t13-,14-/m1/s1. The molecule has 1 saturated carbocycles. The van der Waals surface area contributed by atoms with Crippen LogP contribution in [-0.2, 0) is 6.54 Å². The van der Waals surface area contributed by atoms with Crippen molar-refractivity contribution in [3.05, 3.63) is 35.7 Å². The quantitative estimate of drug-likeness (QED) is 0.440. The minimum Gasteiger partial charge on any atom is -0.394 e. The predicted molar refractivity (Wildman–Crippen MR) is 123 cm³/mol. The molecule has 5 rings (SSSR count). The molecule has 3 aromatic heterocycles. The van der Waals surface area contributed by atoms with Crippen LogP contribution < -0.4 is 10.6 Å². The number of hydrogen-bond acceptors (Lipinski definition) is 6. The number of benzene rings is 1. The average Bonchev–Trinajstić information content (AvgIpc) is 3.38. The average molecular weight is 440 g/mol. The van der Waals surface area contributed by atoms with Crippen LogP contribution in [0.3, 0.4) is 0 Å². The zero-order valence-corrected chi connectivity index (χ0v) is 18.2. The minimum absolute atomic E-state index is 0.0279. The highest BCUT2D eigenvalue weighted by atomic mass is 35.5. The van der Waals surface area contributed by atoms with E-state index in [1.54, 1.807) is 4.68 Å². The Morgan fingerprint density at radius 2 is 2.19 bits per heavy atom. The Bertz CT molecular complexity index is 1230. The minimum atomic E-state index is 0.0279. The Labute approximate surface area is 185 Å². The van der Waals surface area contributed by atoms with Crippen LogP contribution in [-0.4, -0.2) is 55.6 Å². The van der Waals surface area contributed by atoms with E-state index < -0.39 is 0 Å². The van der Waals surface area contributed by atoms with Gasteiger partial charge in [0, 0.05) is 48.0 Å². The summed E-state index contributed by atoms with van der Waals surface area (Å²) in [5, 5.41) is 15.1. The molecule has 31 heavy (non-hydrogen) atoms. The SMILES string of the molecule is CN(c1cnc2c(-c3ccc4nn(CCO)cc4c3Cl)c[nH]c2n1)[C@@H]1CCC[C@@H](N)C1. The Morgan fingerprint density at radius 1 is 1.32 bits per heavy atom. The van der Waals surface area contributed by atoms with Crippen LogP contribution in [0.15, 0.2) is 30.7 Å². The number of anilines is 1. The first-order valence-corrected chi connectivity index (χ1v) is 11.0. The van der Waals surface area contributed by atoms with E-state index in [9.17, 15) is 5.11 Å². The smallest absolute Gasteiger partial charge is 0.159 e. The number of nitrogens with one attached hydrogen (secondary N) is 1. The third-order valence-electron chi connectivity index (χ3n) is 6.25. The van der Waals surface area contributed by atoms with Gasteiger partial charge in [-0.3, -0.25) is 4.68 Å². The molecule has 1 aliphatic rings. The van der Waals surface area contributed by atoms with Gasteiger partial charge in [0.25, 0.3) is 0 Å². The van der Waals surface area contributed by atoms with E-state index in [-0.39, 0.29) is 12.6 Å². The van der Waals surface area contributed by atoms with Crippen molar-refractivity contribution in [1.29, 1.82) is 0 Å². The number of rotatable bonds is 5. The van der Waals surface area contributed by atoms with Crippen molar-refractivity contribution < 1.29 is 5.11 Å². The number of halogens is 1. The zero-order chi connectivity index (χ0) is 21.5. The molecule has 0 bridgehead atoms. The van der Waals surface area contributed by atoms with Crippen LogP contribution in [0.5, 0.6) is 0 Å². The van der Waals surface area contributed by atoms with E-state index in [1.807, 2.05) is 30.7 Å². The van der Waals surface area contributed by atoms with Crippen LogP contribution in [0, 0.1) is 0 Å². The summed E-state index contributed by atoms with van der Waals surface area (Å²) < 4.78 is 1.70. The van der Waals surface area contributed by atoms with Gasteiger partial charge in [-0.2, -0.15) is 5.10 Å². The van der Waals surface area contributed by atoms with Crippen molar-refractivity contribution in [2.75, 3.05) is 18.6 Å². The van der Waals surface area contributed by atoms with Gasteiger partial charge in [0.1, 0.15) is 11.3 Å². The van der Waals surface area contributed by atoms with E-state index in [0.717, 1.165) is 64.7 Å². The molecule has 0 unspecified atom stereocenters. The fraction of sp³-hybridized carbons (Fsp3) is 0.409. The Balaban J connectivity index is 1.49. The van der Waals surface area contributed by atoms with Gasteiger partial charge in [-0.05, 0) is 31.7 Å². The summed E-state index contributed by atoms with van der Waals surface area (Å²) in [4.78, 5) is 15.0. The molecule has 1 aliphatic carbocycles. The highest BCUT2D eigenvalue weighted by Gasteiger charge is 2.24. The van der Waals surface area contributed by atoms with Crippen molar-refractivity contribution >= 4 is 39.5 Å². The lowest BCUT2D eigenvalue weighted by atomic mass is 9.91. The number of aromatic amines is 1. The summed E-state index contributed by atoms with van der Waals surface area (Å²) in [6.07, 6.45) is 9.93. The monoisotopic (exact) mass is 439 g/mol. The molecular weight excluding hydrogens is 414 g/mol. The van der Waals surface area contributed by atoms with E-state index in [0.29, 0.717) is 17.6 Å². The van der Waals surface area contributed by atoms with Gasteiger partial charge in [-0.25, -0.2) is 9.97 Å². The highest BCUT2D eigenvalue weighted by Crippen LogP contribution is 2.37. The van der Waals surface area contributed by atoms with Crippen molar-refractivity contribution in [3.8, 4) is 11.1 Å². The Hall–Kier alpha value is -2.68. The van der Waals surface area contributed by atoms with Gasteiger partial charge < -0.3 is 20.7 Å². The lowest BCUT2D eigenvalue weighted by Gasteiger charge is -2.34. The molecule has 0 radical (unpaired) electrons. The summed E-state index contributed by atoms with van der Waals surface area (Å²) >= 11 is 6.75. The third kappa shape index (κ3) is 3.64. The molecule has 3 heterocycles. The molecule has 8 nitrogen and oxygen atoms in total. The number of H-pyrrole nitrogens is 1. The summed E-state index contributed by atoms with van der Waals surface area (Å²) in [7, 11) is 2.07. The maximum absolute atomic E-state index is 9.17. The van der Waals surface area contributed by atoms with Crippen LogP contribution in [0.1, 0.15) is 25.7 Å². The van der Waals surface area contributed by atoms with Crippen LogP contribution >= 0.6 is 11.6 Å². The van der Waals surface area contributed by atoms with Crippen molar-refractivity contribution in [2.24, 2.45) is 5.73 Å². The lowest BCUT2D eigenvalue weighted by molar-refractivity contribution is 0.270. The molecule has 162 valence electrons. The van der Waals surface area contributed by atoms with Crippen molar-refractivity contribution in [1.82, 2.24) is 24.7 Å². The second-order valence-corrected chi connectivity index (χ2v) is 8.67. The second kappa shape index (κ2) is 8.11. The van der Waals surface area contributed by atoms with Gasteiger partial charge in [0.05, 0.1) is 29.9 Å². The zero-order valence-electron chi connectivity index (χ0n) is 17.4. The van der Waals surface area contributed by atoms with Gasteiger partial charge >= 0.3 is 0 Å². The number of hydrogen-bond donors (Lipinski definition) is 3. The molecule has 1 aromatic carbocycles. The summed E-state index contributed by atoms with van der Waals surface area (Å²) in [6, 6.07) is 4.53. The molecule has 0 amide bonds. The molecule has 2 atom stereocenters. The fourth-order valence-corrected chi connectivity index (χ4v) is 4.85. The largest absolute Gasteiger partial charge is 0.394 e. The molecule has 0 spiro atoms. The van der Waals surface area contributed by atoms with Crippen LogP contribution in [0.4, 0.5) is 5.82 Å². The maximum Gasteiger partial charge on any atom is 0.159 e. The second-order valence-electron chi connectivity index (χ2n) is 8.29. The molecule has 4 aromatic rings. The normalized spacial score (nSPS) is 19.4. The van der Waals surface area contributed by atoms with Gasteiger partial charge in [-0.1, -0.05) is 17.7 Å². The summed E-state index contributed by atoms with van der Waals surface area (Å²) in [6.45, 7) is 0.459. The number of fused-ring (bicyclic) bond motifs is 2. The van der Waals surface area contributed by atoms with E-state index >= 15 is 0 Å². The first-order chi connectivity index (χ1) is 15.0. The van der Waals surface area contributed by atoms with Gasteiger partial charge in [0.15, 0.2) is 5.65 Å². The third-order valence-corrected chi connectivity index (χ3v) is 6.66. The molecular formula is C22H26ClN7O. The Kier molecular flexibility index (Phi) is 5.29. The first-order valence-electron chi connectivity index (χ1n) is 10.6. The molecule has 0 saturated heterocycles. The highest BCUT2D eigenvalue weighted by molar-refractivity contribution is 6.38. The van der Waals surface area contributed by atoms with E-state index in [2.05, 4.69) is 22.0 Å². The van der Waals surface area contributed by atoms with Gasteiger partial charge in [0.2, 0.25) is 0 Å². The molecule has 9 heteroatoms. The lowest BCUT2D eigenvalue weighted by Crippen LogP contribution is -2.41. The predicted octanol–water partition coefficient (Wildman–Crippen LogP) is 3.33. The summed E-state index contributed by atoms with van der Waals surface area (Å²) in [5.74, 6) is 0.840. The maximum atomic E-state index is 9.17. The Morgan fingerprint density at radius 3 is 3.00 bits per heavy atom. The molecule has 1 fully saturated rings. The number of aliphatic hydroxyl groups excluding tert-OH is 1. The number of aromatic nitrogens is 5. The fourth-order valence-electron chi connectivity index (χ4n) is 4.54. The molecule has 0 aliphatic heterocycles.